The Morgan fingerprint density at radius 1 is 1.00 bits per heavy atom. The van der Waals surface area contributed by atoms with Gasteiger partial charge in [0.2, 0.25) is 11.7 Å². The number of amides is 1. The van der Waals surface area contributed by atoms with Gasteiger partial charge in [-0.2, -0.15) is 0 Å². The van der Waals surface area contributed by atoms with Crippen molar-refractivity contribution in [1.82, 2.24) is 29.8 Å². The van der Waals surface area contributed by atoms with Gasteiger partial charge in [0.1, 0.15) is 5.69 Å². The van der Waals surface area contributed by atoms with Gasteiger partial charge in [-0.05, 0) is 54.7 Å². The van der Waals surface area contributed by atoms with Crippen molar-refractivity contribution >= 4 is 16.7 Å². The standard InChI is InChI=1S/C19H19N5O2.C9H7N/c25-19(24-9-3-5-13-15(10-24)22-11-21-13)17-16(12-6-7-12)23-18(26-17)14-4-1-2-8-20-14;1-2-4-9-7-10-6-5-8(9)3-1/h1-2,4,8,11-12H,3,5-7,9-10H2,(H,21,22);1-7H. The van der Waals surface area contributed by atoms with Gasteiger partial charge in [-0.15, -0.1) is 0 Å². The first kappa shape index (κ1) is 22.2. The number of carbonyl (C=O) groups is 1. The van der Waals surface area contributed by atoms with E-state index in [1.807, 2.05) is 53.7 Å². The molecule has 1 saturated carbocycles. The molecule has 0 saturated heterocycles. The van der Waals surface area contributed by atoms with E-state index in [9.17, 15) is 4.79 Å². The van der Waals surface area contributed by atoms with Crippen molar-refractivity contribution in [3.05, 3.63) is 96.3 Å². The number of imidazole rings is 1. The lowest BCUT2D eigenvalue weighted by atomic mass is 10.2. The number of aromatic nitrogens is 5. The molecule has 1 fully saturated rings. The number of oxazole rings is 1. The van der Waals surface area contributed by atoms with Crippen LogP contribution in [0.3, 0.4) is 0 Å². The van der Waals surface area contributed by atoms with Gasteiger partial charge in [0.05, 0.1) is 30.0 Å². The number of hydrogen-bond acceptors (Lipinski definition) is 6. The van der Waals surface area contributed by atoms with Crippen LogP contribution in [0.15, 0.2) is 77.9 Å². The van der Waals surface area contributed by atoms with Crippen LogP contribution in [0.5, 0.6) is 0 Å². The lowest BCUT2D eigenvalue weighted by molar-refractivity contribution is 0.0711. The molecule has 1 aliphatic heterocycles. The van der Waals surface area contributed by atoms with Crippen LogP contribution in [-0.4, -0.2) is 42.3 Å². The summed E-state index contributed by atoms with van der Waals surface area (Å²) >= 11 is 0. The minimum atomic E-state index is -0.0935. The molecule has 0 spiro atoms. The van der Waals surface area contributed by atoms with Crippen LogP contribution < -0.4 is 0 Å². The fraction of sp³-hybridized carbons (Fsp3) is 0.250. The summed E-state index contributed by atoms with van der Waals surface area (Å²) in [4.78, 5) is 35.5. The molecule has 5 aromatic rings. The Balaban J connectivity index is 0.000000200. The molecule has 4 aromatic heterocycles. The Kier molecular flexibility index (Phi) is 5.99. The van der Waals surface area contributed by atoms with E-state index in [2.05, 4.69) is 37.1 Å². The number of fused-ring (bicyclic) bond motifs is 2. The zero-order valence-electron chi connectivity index (χ0n) is 19.8. The van der Waals surface area contributed by atoms with Crippen molar-refractivity contribution in [3.8, 4) is 11.6 Å². The number of aryl methyl sites for hydroxylation is 1. The molecule has 8 nitrogen and oxygen atoms in total. The van der Waals surface area contributed by atoms with E-state index in [1.54, 1.807) is 12.5 Å². The van der Waals surface area contributed by atoms with Gasteiger partial charge in [-0.25, -0.2) is 9.97 Å². The maximum Gasteiger partial charge on any atom is 0.291 e. The summed E-state index contributed by atoms with van der Waals surface area (Å²) < 4.78 is 5.94. The zero-order valence-corrected chi connectivity index (χ0v) is 19.8. The Labute approximate surface area is 208 Å². The maximum atomic E-state index is 13.2. The van der Waals surface area contributed by atoms with Crippen molar-refractivity contribution < 1.29 is 9.21 Å². The predicted octanol–water partition coefficient (Wildman–Crippen LogP) is 5.16. The molecule has 0 radical (unpaired) electrons. The molecule has 1 N–H and O–H groups in total. The normalized spacial score (nSPS) is 15.1. The van der Waals surface area contributed by atoms with E-state index in [-0.39, 0.29) is 5.91 Å². The van der Waals surface area contributed by atoms with Crippen molar-refractivity contribution in [3.63, 3.8) is 0 Å². The Hall–Kier alpha value is -4.33. The summed E-state index contributed by atoms with van der Waals surface area (Å²) in [5.74, 6) is 1.03. The number of nitrogens with zero attached hydrogens (tertiary/aromatic N) is 5. The first-order chi connectivity index (χ1) is 17.8. The van der Waals surface area contributed by atoms with Crippen molar-refractivity contribution in [2.75, 3.05) is 6.54 Å². The largest absolute Gasteiger partial charge is 0.429 e. The average Bonchev–Trinajstić information content (AvgIpc) is 3.59. The molecule has 0 atom stereocenters. The topological polar surface area (TPSA) is 101 Å². The first-order valence-electron chi connectivity index (χ1n) is 12.3. The molecule has 7 rings (SSSR count). The van der Waals surface area contributed by atoms with E-state index in [0.29, 0.717) is 36.4 Å². The smallest absolute Gasteiger partial charge is 0.291 e. The summed E-state index contributed by atoms with van der Waals surface area (Å²) in [5.41, 5.74) is 3.49. The highest BCUT2D eigenvalue weighted by Crippen LogP contribution is 2.42. The average molecular weight is 479 g/mol. The van der Waals surface area contributed by atoms with Crippen molar-refractivity contribution in [2.24, 2.45) is 0 Å². The molecule has 1 aromatic carbocycles. The molecular weight excluding hydrogens is 452 g/mol. The fourth-order valence-corrected chi connectivity index (χ4v) is 4.47. The first-order valence-corrected chi connectivity index (χ1v) is 12.3. The molecule has 180 valence electrons. The molecule has 36 heavy (non-hydrogen) atoms. The van der Waals surface area contributed by atoms with Crippen LogP contribution in [0.2, 0.25) is 0 Å². The molecule has 2 aliphatic rings. The van der Waals surface area contributed by atoms with Crippen molar-refractivity contribution in [1.29, 1.82) is 0 Å². The minimum absolute atomic E-state index is 0.0935. The molecule has 1 amide bonds. The highest BCUT2D eigenvalue weighted by molar-refractivity contribution is 5.93. The number of rotatable bonds is 3. The third-order valence-electron chi connectivity index (χ3n) is 6.53. The second-order valence-electron chi connectivity index (χ2n) is 9.10. The highest BCUT2D eigenvalue weighted by atomic mass is 16.4. The van der Waals surface area contributed by atoms with Gasteiger partial charge in [0.25, 0.3) is 5.91 Å². The molecular formula is C28H26N6O2. The Bertz CT molecular complexity index is 1420. The molecule has 0 bridgehead atoms. The highest BCUT2D eigenvalue weighted by Gasteiger charge is 2.36. The third kappa shape index (κ3) is 4.62. The van der Waals surface area contributed by atoms with Gasteiger partial charge >= 0.3 is 0 Å². The number of H-pyrrole nitrogens is 1. The zero-order chi connectivity index (χ0) is 24.3. The molecule has 8 heteroatoms. The van der Waals surface area contributed by atoms with Crippen LogP contribution in [-0.2, 0) is 13.0 Å². The number of nitrogens with one attached hydrogen (secondary N) is 1. The molecule has 5 heterocycles. The van der Waals surface area contributed by atoms with Gasteiger partial charge in [0, 0.05) is 31.1 Å². The summed E-state index contributed by atoms with van der Waals surface area (Å²) in [7, 11) is 0. The lowest BCUT2D eigenvalue weighted by Crippen LogP contribution is -2.31. The number of hydrogen-bond donors (Lipinski definition) is 1. The number of carbonyl (C=O) groups excluding carboxylic acids is 1. The maximum absolute atomic E-state index is 13.2. The van der Waals surface area contributed by atoms with Crippen molar-refractivity contribution in [2.45, 2.75) is 38.1 Å². The van der Waals surface area contributed by atoms with E-state index in [0.717, 1.165) is 42.8 Å². The molecule has 1 aliphatic carbocycles. The predicted molar refractivity (Wildman–Crippen MR) is 135 cm³/mol. The van der Waals surface area contributed by atoms with E-state index >= 15 is 0 Å². The van der Waals surface area contributed by atoms with Crippen LogP contribution >= 0.6 is 0 Å². The van der Waals surface area contributed by atoms with Gasteiger partial charge in [-0.1, -0.05) is 30.3 Å². The number of aromatic amines is 1. The summed E-state index contributed by atoms with van der Waals surface area (Å²) in [6.07, 6.45) is 11.0. The summed E-state index contributed by atoms with van der Waals surface area (Å²) in [6.45, 7) is 1.21. The lowest BCUT2D eigenvalue weighted by Gasteiger charge is -2.19. The van der Waals surface area contributed by atoms with Gasteiger partial charge < -0.3 is 14.3 Å². The van der Waals surface area contributed by atoms with Gasteiger partial charge in [0.15, 0.2) is 0 Å². The van der Waals surface area contributed by atoms with Crippen LogP contribution in [0.4, 0.5) is 0 Å². The Morgan fingerprint density at radius 2 is 1.86 bits per heavy atom. The third-order valence-corrected chi connectivity index (χ3v) is 6.53. The SMILES string of the molecule is O=C(c1oc(-c2ccccn2)nc1C1CC1)N1CCCc2nc[nH]c2C1.c1ccc2cnccc2c1. The number of pyridine rings is 2. The monoisotopic (exact) mass is 478 g/mol. The van der Waals surface area contributed by atoms with Crippen LogP contribution in [0.1, 0.15) is 52.8 Å². The second kappa shape index (κ2) is 9.73. The number of benzene rings is 1. The van der Waals surface area contributed by atoms with Gasteiger partial charge in [-0.3, -0.25) is 14.8 Å². The van der Waals surface area contributed by atoms with Crippen LogP contribution in [0, 0.1) is 0 Å². The molecule has 0 unspecified atom stereocenters. The minimum Gasteiger partial charge on any atom is -0.429 e. The fourth-order valence-electron chi connectivity index (χ4n) is 4.47. The Morgan fingerprint density at radius 3 is 2.67 bits per heavy atom. The van der Waals surface area contributed by atoms with Crippen LogP contribution in [0.25, 0.3) is 22.4 Å². The summed E-state index contributed by atoms with van der Waals surface area (Å²) in [6, 6.07) is 15.8. The second-order valence-corrected chi connectivity index (χ2v) is 9.10. The van der Waals surface area contributed by atoms with E-state index in [1.165, 1.54) is 10.8 Å². The van der Waals surface area contributed by atoms with E-state index < -0.39 is 0 Å². The quantitative estimate of drug-likeness (QED) is 0.384. The summed E-state index contributed by atoms with van der Waals surface area (Å²) in [5, 5.41) is 2.45. The van der Waals surface area contributed by atoms with E-state index in [4.69, 9.17) is 4.42 Å².